The maximum Gasteiger partial charge on any atom is 0.430 e. The number of quaternary nitrogens is 2. The van der Waals surface area contributed by atoms with E-state index >= 15 is 0 Å². The molecule has 6 aliphatic heterocycles. The van der Waals surface area contributed by atoms with Gasteiger partial charge in [0.25, 0.3) is 0 Å². The molecule has 8 fully saturated rings. The van der Waals surface area contributed by atoms with E-state index < -0.39 is 47.4 Å². The average molecular weight is 1090 g/mol. The van der Waals surface area contributed by atoms with Crippen molar-refractivity contribution in [2.45, 2.75) is 132 Å². The maximum absolute atomic E-state index is 13.5. The first-order valence-electron chi connectivity index (χ1n) is 26.9. The fraction of sp³-hybridized carbons (Fsp3) is 0.579. The number of ether oxygens (including phenoxy) is 2. The largest absolute Gasteiger partial charge is 0.542 e. The minimum absolute atomic E-state index is 0.107. The molecule has 0 spiro atoms. The van der Waals surface area contributed by atoms with E-state index in [1.807, 2.05) is 0 Å². The van der Waals surface area contributed by atoms with Crippen molar-refractivity contribution < 1.29 is 93.2 Å². The lowest BCUT2D eigenvalue weighted by atomic mass is 9.81. The number of aryl methyl sites for hydroxylation is 1. The Labute approximate surface area is 444 Å². The Kier molecular flexibility index (Phi) is 19.4. The van der Waals surface area contributed by atoms with Crippen LogP contribution in [0.3, 0.4) is 0 Å². The highest BCUT2D eigenvalue weighted by Gasteiger charge is 2.56. The van der Waals surface area contributed by atoms with Gasteiger partial charge >= 0.3 is 24.3 Å². The predicted molar refractivity (Wildman–Crippen MR) is 261 cm³/mol. The zero-order valence-electron chi connectivity index (χ0n) is 43.1. The first-order valence-corrected chi connectivity index (χ1v) is 26.9. The number of hydrogen-bond donors (Lipinski definition) is 2. The number of hydrogen-bond acceptors (Lipinski definition) is 12. The fourth-order valence-electron chi connectivity index (χ4n) is 12.7. The van der Waals surface area contributed by atoms with Crippen LogP contribution in [0.25, 0.3) is 0 Å². The van der Waals surface area contributed by atoms with E-state index in [0.717, 1.165) is 145 Å². The van der Waals surface area contributed by atoms with Crippen LogP contribution in [0.4, 0.5) is 26.3 Å². The molecule has 8 heterocycles. The zero-order chi connectivity index (χ0) is 55.5. The Morgan fingerprint density at radius 2 is 0.870 bits per heavy atom. The molecule has 6 saturated heterocycles. The molecule has 12 rings (SSSR count). The fourth-order valence-corrected chi connectivity index (χ4v) is 12.7. The molecule has 0 unspecified atom stereocenters. The van der Waals surface area contributed by atoms with Gasteiger partial charge in [-0.05, 0) is 67.5 Å². The third-order valence-corrected chi connectivity index (χ3v) is 17.0. The zero-order valence-corrected chi connectivity index (χ0v) is 43.1. The number of furan rings is 2. The summed E-state index contributed by atoms with van der Waals surface area (Å²) >= 11 is 0. The van der Waals surface area contributed by atoms with Crippen molar-refractivity contribution in [3.63, 3.8) is 0 Å². The number of esters is 2. The van der Waals surface area contributed by atoms with Crippen molar-refractivity contribution in [2.24, 2.45) is 23.7 Å². The Morgan fingerprint density at radius 3 is 1.21 bits per heavy atom. The van der Waals surface area contributed by atoms with Crippen molar-refractivity contribution in [3.8, 4) is 0 Å². The van der Waals surface area contributed by atoms with Gasteiger partial charge in [0, 0.05) is 62.2 Å². The first-order chi connectivity index (χ1) is 36.6. The summed E-state index contributed by atoms with van der Waals surface area (Å²) in [7, 11) is 0. The lowest BCUT2D eigenvalue weighted by Gasteiger charge is -2.52. The summed E-state index contributed by atoms with van der Waals surface area (Å²) in [5.74, 6) is -5.79. The second-order valence-corrected chi connectivity index (χ2v) is 21.8. The number of fused-ring (bicyclic) bond motifs is 6. The number of halogens is 6. The Bertz CT molecular complexity index is 2460. The lowest BCUT2D eigenvalue weighted by molar-refractivity contribution is -0.946. The van der Waals surface area contributed by atoms with Crippen LogP contribution < -0.4 is 10.2 Å². The minimum atomic E-state index is -5.19. The van der Waals surface area contributed by atoms with Gasteiger partial charge in [-0.2, -0.15) is 26.3 Å². The van der Waals surface area contributed by atoms with Crippen LogP contribution in [0, 0.1) is 23.7 Å². The van der Waals surface area contributed by atoms with Gasteiger partial charge in [0.1, 0.15) is 36.5 Å². The molecule has 0 radical (unpaired) electrons. The minimum Gasteiger partial charge on any atom is -0.542 e. The van der Waals surface area contributed by atoms with Gasteiger partial charge in [-0.1, -0.05) is 86.3 Å². The second kappa shape index (κ2) is 25.4. The molecule has 2 saturated carbocycles. The topological polar surface area (TPSA) is 200 Å². The summed E-state index contributed by atoms with van der Waals surface area (Å²) < 4.78 is 88.5. The molecule has 77 heavy (non-hydrogen) atoms. The van der Waals surface area contributed by atoms with Crippen LogP contribution in [0.1, 0.15) is 106 Å². The van der Waals surface area contributed by atoms with E-state index in [1.54, 1.807) is 24.3 Å². The van der Waals surface area contributed by atoms with Crippen LogP contribution in [0.2, 0.25) is 0 Å². The van der Waals surface area contributed by atoms with E-state index in [4.69, 9.17) is 38.1 Å². The molecule has 2 aliphatic carbocycles. The summed E-state index contributed by atoms with van der Waals surface area (Å²) in [5, 5.41) is 40.8. The number of nitrogens with zero attached hydrogens (tertiary/aromatic N) is 2. The molecule has 20 heteroatoms. The Morgan fingerprint density at radius 1 is 0.519 bits per heavy atom. The molecule has 2 aromatic carbocycles. The van der Waals surface area contributed by atoms with E-state index in [0.29, 0.717) is 23.4 Å². The Balaban J connectivity index is 0.000000180. The number of benzene rings is 2. The molecular formula is C57H70F6N2O12. The normalized spacial score (nSPS) is 26.5. The highest BCUT2D eigenvalue weighted by Crippen LogP contribution is 2.45. The summed E-state index contributed by atoms with van der Waals surface area (Å²) in [5.41, 5.74) is -0.573. The SMILES string of the molecule is O=C(O[C@H]1C[N+]2(CCCc3ccccc3)CCC1CC2)[C@@](O)(c1ccco1)C1CCCC1.O=C(O[C@H]1C[N+]2(CCc3ccccc3)CCC1CC2)[C@@](O)(c1ccco1)C1CCCC1.O=C([O-])C(F)(F)F.O=C([O-])C(F)(F)F. The second-order valence-electron chi connectivity index (χ2n) is 21.8. The van der Waals surface area contributed by atoms with E-state index in [-0.39, 0.29) is 24.0 Å². The number of alkyl halides is 6. The molecule has 14 nitrogen and oxygen atoms in total. The first kappa shape index (κ1) is 59.0. The van der Waals surface area contributed by atoms with Gasteiger partial charge in [0.05, 0.1) is 51.8 Å². The summed E-state index contributed by atoms with van der Waals surface area (Å²) in [6, 6.07) is 28.2. The van der Waals surface area contributed by atoms with Crippen LogP contribution in [-0.2, 0) is 52.7 Å². The van der Waals surface area contributed by atoms with Gasteiger partial charge in [-0.15, -0.1) is 0 Å². The molecule has 2 N–H and O–H groups in total. The summed E-state index contributed by atoms with van der Waals surface area (Å²) in [6.45, 7) is 8.63. The standard InChI is InChI=1S/C27H36NO4.C26H34NO4.2C2HF3O2/c29-26(27(30,23-11-4-5-12-23)25-13-7-19-31-25)32-24-20-28(17-14-22(24)15-18-28)16-6-10-21-8-2-1-3-9-21;28-25(26(29,22-9-4-5-10-22)24-11-6-18-30-24)31-23-19-27(16-13-21(23)14-17-27)15-12-20-7-2-1-3-8-20;2*3-2(4,5)1(6)7/h1-3,7-9,13,19,22-24,30H,4-6,10-12,14-18,20H2;1-3,6-8,11,18,21-23,29H,4-5,9-10,12-17,19H2;2*(H,6,7)/q2*+1;;/p-2/t22?,24-,27-,28?;21?,23-,26-,27?;;/m00../s1. The van der Waals surface area contributed by atoms with Gasteiger partial charge in [-0.25, -0.2) is 9.59 Å². The van der Waals surface area contributed by atoms with Crippen molar-refractivity contribution in [1.82, 2.24) is 0 Å². The molecule has 4 atom stereocenters. The third kappa shape index (κ3) is 14.7. The van der Waals surface area contributed by atoms with Crippen molar-refractivity contribution in [2.75, 3.05) is 52.4 Å². The number of carbonyl (C=O) groups is 4. The number of carboxylic acid groups (broad SMARTS) is 2. The van der Waals surface area contributed by atoms with Crippen LogP contribution in [0.5, 0.6) is 0 Å². The van der Waals surface area contributed by atoms with Crippen LogP contribution in [0.15, 0.2) is 106 Å². The van der Waals surface area contributed by atoms with E-state index in [9.17, 15) is 46.1 Å². The smallest absolute Gasteiger partial charge is 0.430 e. The average Bonchev–Trinajstić information content (AvgIpc) is 4.29. The summed E-state index contributed by atoms with van der Waals surface area (Å²) in [4.78, 5) is 44.5. The molecular weight excluding hydrogens is 1020 g/mol. The van der Waals surface area contributed by atoms with Gasteiger partial charge in [-0.3, -0.25) is 0 Å². The monoisotopic (exact) mass is 1090 g/mol. The van der Waals surface area contributed by atoms with Gasteiger partial charge in [0.15, 0.2) is 12.2 Å². The van der Waals surface area contributed by atoms with Gasteiger partial charge < -0.3 is 57.3 Å². The van der Waals surface area contributed by atoms with E-state index in [1.165, 1.54) is 36.7 Å². The number of carboxylic acids is 2. The molecule has 422 valence electrons. The molecule has 8 aliphatic rings. The Hall–Kier alpha value is -5.70. The highest BCUT2D eigenvalue weighted by atomic mass is 19.4. The number of aliphatic hydroxyl groups is 2. The quantitative estimate of drug-likeness (QED) is 0.0697. The predicted octanol–water partition coefficient (Wildman–Crippen LogP) is 7.09. The molecule has 0 amide bonds. The van der Waals surface area contributed by atoms with Gasteiger partial charge in [0.2, 0.25) is 11.2 Å². The van der Waals surface area contributed by atoms with E-state index in [2.05, 4.69) is 60.7 Å². The van der Waals surface area contributed by atoms with Crippen LogP contribution >= 0.6 is 0 Å². The molecule has 2 aromatic heterocycles. The maximum atomic E-state index is 13.5. The number of rotatable bonds is 15. The summed E-state index contributed by atoms with van der Waals surface area (Å²) in [6.07, 6.45) is 7.59. The lowest BCUT2D eigenvalue weighted by Crippen LogP contribution is -2.65. The van der Waals surface area contributed by atoms with Crippen LogP contribution in [-0.4, -0.2) is 120 Å². The molecule has 4 aromatic rings. The number of piperidine rings is 6. The highest BCUT2D eigenvalue weighted by molar-refractivity contribution is 5.81. The van der Waals surface area contributed by atoms with Crippen molar-refractivity contribution in [1.29, 1.82) is 0 Å². The third-order valence-electron chi connectivity index (χ3n) is 17.0. The molecule has 4 bridgehead atoms. The van der Waals surface area contributed by atoms with Crippen molar-refractivity contribution in [3.05, 3.63) is 120 Å². The number of carbonyl (C=O) groups excluding carboxylic acids is 4. The van der Waals surface area contributed by atoms with Crippen molar-refractivity contribution >= 4 is 23.9 Å². The number of aliphatic carboxylic acids is 2.